The smallest absolute Gasteiger partial charge is 0.261 e. The minimum atomic E-state index is -0.315. The van der Waals surface area contributed by atoms with Gasteiger partial charge in [-0.3, -0.25) is 9.59 Å². The number of carbonyl (C=O) groups excluding carboxylic acids is 1. The third kappa shape index (κ3) is 3.69. The maximum absolute atomic E-state index is 13.0. The second-order valence-electron chi connectivity index (χ2n) is 7.43. The van der Waals surface area contributed by atoms with Gasteiger partial charge in [0.1, 0.15) is 18.8 Å². The molecule has 0 spiro atoms. The van der Waals surface area contributed by atoms with Crippen LogP contribution in [0, 0.1) is 13.8 Å². The number of likely N-dealkylation sites (tertiary alicyclic amines) is 1. The lowest BCUT2D eigenvalue weighted by molar-refractivity contribution is 0.0712. The summed E-state index contributed by atoms with van der Waals surface area (Å²) in [5, 5.41) is 3.49. The Hall–Kier alpha value is -2.96. The molecule has 7 nitrogen and oxygen atoms in total. The fraction of sp³-hybridized carbons (Fsp3) is 0.429. The minimum Gasteiger partial charge on any atom is -0.486 e. The Balaban J connectivity index is 1.47. The Morgan fingerprint density at radius 2 is 1.96 bits per heavy atom. The van der Waals surface area contributed by atoms with Crippen molar-refractivity contribution in [2.75, 3.05) is 31.6 Å². The number of anilines is 1. The lowest BCUT2D eigenvalue weighted by Gasteiger charge is -2.34. The minimum absolute atomic E-state index is 0.116. The number of aromatic nitrogens is 1. The summed E-state index contributed by atoms with van der Waals surface area (Å²) in [5.41, 5.74) is 2.34. The Morgan fingerprint density at radius 3 is 2.75 bits per heavy atom. The van der Waals surface area contributed by atoms with Crippen LogP contribution in [0.5, 0.6) is 11.5 Å². The van der Waals surface area contributed by atoms with Crippen LogP contribution in [-0.4, -0.2) is 48.1 Å². The number of piperidine rings is 1. The average Bonchev–Trinajstić information content (AvgIpc) is 2.67. The zero-order valence-electron chi connectivity index (χ0n) is 16.2. The average molecular weight is 383 g/mol. The third-order valence-electron chi connectivity index (χ3n) is 5.20. The first kappa shape index (κ1) is 18.4. The maximum atomic E-state index is 13.0. The van der Waals surface area contributed by atoms with E-state index >= 15 is 0 Å². The molecule has 28 heavy (non-hydrogen) atoms. The molecule has 0 bridgehead atoms. The zero-order valence-corrected chi connectivity index (χ0v) is 16.2. The number of aryl methyl sites for hydroxylation is 2. The Labute approximate surface area is 163 Å². The molecule has 0 unspecified atom stereocenters. The Morgan fingerprint density at radius 1 is 1.18 bits per heavy atom. The molecule has 0 aliphatic carbocycles. The number of rotatable bonds is 3. The highest BCUT2D eigenvalue weighted by atomic mass is 16.6. The van der Waals surface area contributed by atoms with Gasteiger partial charge in [-0.05, 0) is 50.5 Å². The van der Waals surface area contributed by atoms with Crippen molar-refractivity contribution in [2.24, 2.45) is 0 Å². The Kier molecular flexibility index (Phi) is 4.98. The van der Waals surface area contributed by atoms with Gasteiger partial charge in [0.05, 0.1) is 0 Å². The maximum Gasteiger partial charge on any atom is 0.261 e. The van der Waals surface area contributed by atoms with Crippen LogP contribution in [0.1, 0.15) is 34.5 Å². The quantitative estimate of drug-likeness (QED) is 0.851. The number of H-pyrrole nitrogens is 1. The van der Waals surface area contributed by atoms with Crippen LogP contribution in [0.25, 0.3) is 0 Å². The second-order valence-corrected chi connectivity index (χ2v) is 7.43. The summed E-state index contributed by atoms with van der Waals surface area (Å²) in [6, 6.07) is 7.75. The number of carbonyl (C=O) groups is 1. The van der Waals surface area contributed by atoms with Gasteiger partial charge in [-0.25, -0.2) is 0 Å². The third-order valence-corrected chi connectivity index (χ3v) is 5.20. The number of pyridine rings is 1. The van der Waals surface area contributed by atoms with E-state index in [4.69, 9.17) is 9.47 Å². The normalized spacial score (nSPS) is 18.6. The van der Waals surface area contributed by atoms with Crippen LogP contribution in [0.3, 0.4) is 0 Å². The predicted octanol–water partition coefficient (Wildman–Crippen LogP) is 2.48. The summed E-state index contributed by atoms with van der Waals surface area (Å²) < 4.78 is 11.2. The Bertz CT molecular complexity index is 953. The molecule has 1 aromatic carbocycles. The van der Waals surface area contributed by atoms with E-state index in [0.717, 1.165) is 35.7 Å². The van der Waals surface area contributed by atoms with E-state index in [-0.39, 0.29) is 23.1 Å². The van der Waals surface area contributed by atoms with Gasteiger partial charge in [0, 0.05) is 36.6 Å². The predicted molar refractivity (Wildman–Crippen MR) is 107 cm³/mol. The summed E-state index contributed by atoms with van der Waals surface area (Å²) in [4.78, 5) is 29.8. The van der Waals surface area contributed by atoms with Crippen LogP contribution in [-0.2, 0) is 0 Å². The molecule has 2 N–H and O–H groups in total. The molecule has 2 aliphatic heterocycles. The van der Waals surface area contributed by atoms with Gasteiger partial charge in [0.15, 0.2) is 11.5 Å². The molecule has 1 aromatic heterocycles. The van der Waals surface area contributed by atoms with Gasteiger partial charge in [0.2, 0.25) is 0 Å². The summed E-state index contributed by atoms with van der Waals surface area (Å²) in [5.74, 6) is 1.29. The molecular weight excluding hydrogens is 358 g/mol. The highest BCUT2D eigenvalue weighted by molar-refractivity contribution is 5.95. The van der Waals surface area contributed by atoms with Crippen molar-refractivity contribution in [3.8, 4) is 11.5 Å². The first-order valence-electron chi connectivity index (χ1n) is 9.67. The molecule has 7 heteroatoms. The van der Waals surface area contributed by atoms with Gasteiger partial charge < -0.3 is 24.7 Å². The number of hydrogen-bond acceptors (Lipinski definition) is 5. The number of hydrogen-bond donors (Lipinski definition) is 2. The number of nitrogens with one attached hydrogen (secondary N) is 2. The van der Waals surface area contributed by atoms with Gasteiger partial charge >= 0.3 is 0 Å². The summed E-state index contributed by atoms with van der Waals surface area (Å²) in [6.45, 7) is 5.95. The van der Waals surface area contributed by atoms with E-state index in [1.165, 1.54) is 0 Å². The molecule has 2 aliphatic rings. The van der Waals surface area contributed by atoms with E-state index in [2.05, 4.69) is 10.3 Å². The molecule has 148 valence electrons. The molecule has 0 saturated carbocycles. The van der Waals surface area contributed by atoms with Crippen LogP contribution >= 0.6 is 0 Å². The van der Waals surface area contributed by atoms with Crippen molar-refractivity contribution in [2.45, 2.75) is 32.7 Å². The van der Waals surface area contributed by atoms with E-state index in [9.17, 15) is 9.59 Å². The lowest BCUT2D eigenvalue weighted by atomic mass is 10.0. The molecule has 1 amide bonds. The van der Waals surface area contributed by atoms with Gasteiger partial charge in [-0.15, -0.1) is 0 Å². The standard InChI is InChI=1S/C21H25N3O4/c1-13-10-14(2)22-20(25)19(13)21(26)24-7-3-4-16(12-24)23-15-5-6-17-18(11-15)28-9-8-27-17/h5-6,10-11,16,23H,3-4,7-9,12H2,1-2H3,(H,22,25)/t16-/m0/s1. The monoisotopic (exact) mass is 383 g/mol. The first-order valence-corrected chi connectivity index (χ1v) is 9.67. The molecule has 0 radical (unpaired) electrons. The largest absolute Gasteiger partial charge is 0.486 e. The van der Waals surface area contributed by atoms with Crippen molar-refractivity contribution in [3.05, 3.63) is 51.4 Å². The van der Waals surface area contributed by atoms with E-state index < -0.39 is 0 Å². The van der Waals surface area contributed by atoms with Gasteiger partial charge in [0.25, 0.3) is 11.5 Å². The molecule has 1 atom stereocenters. The SMILES string of the molecule is Cc1cc(C)c(C(=O)N2CCC[C@H](Nc3ccc4c(c3)OCCO4)C2)c(=O)[nH]1. The number of nitrogens with zero attached hydrogens (tertiary/aromatic N) is 1. The molecule has 3 heterocycles. The first-order chi connectivity index (χ1) is 13.5. The number of ether oxygens (including phenoxy) is 2. The van der Waals surface area contributed by atoms with E-state index in [1.54, 1.807) is 4.90 Å². The number of amides is 1. The van der Waals surface area contributed by atoms with Crippen LogP contribution in [0.15, 0.2) is 29.1 Å². The number of fused-ring (bicyclic) bond motifs is 1. The number of aromatic amines is 1. The van der Waals surface area contributed by atoms with Gasteiger partial charge in [-0.1, -0.05) is 0 Å². The highest BCUT2D eigenvalue weighted by Crippen LogP contribution is 2.33. The van der Waals surface area contributed by atoms with Crippen LogP contribution < -0.4 is 20.3 Å². The van der Waals surface area contributed by atoms with Crippen molar-refractivity contribution in [1.29, 1.82) is 0 Å². The van der Waals surface area contributed by atoms with Crippen molar-refractivity contribution < 1.29 is 14.3 Å². The summed E-state index contributed by atoms with van der Waals surface area (Å²) >= 11 is 0. The highest BCUT2D eigenvalue weighted by Gasteiger charge is 2.27. The topological polar surface area (TPSA) is 83.7 Å². The molecule has 4 rings (SSSR count). The summed E-state index contributed by atoms with van der Waals surface area (Å²) in [7, 11) is 0. The fourth-order valence-corrected chi connectivity index (χ4v) is 3.93. The van der Waals surface area contributed by atoms with Crippen molar-refractivity contribution in [1.82, 2.24) is 9.88 Å². The van der Waals surface area contributed by atoms with Crippen molar-refractivity contribution in [3.63, 3.8) is 0 Å². The lowest BCUT2D eigenvalue weighted by Crippen LogP contribution is -2.46. The number of benzene rings is 1. The van der Waals surface area contributed by atoms with Crippen LogP contribution in [0.2, 0.25) is 0 Å². The zero-order chi connectivity index (χ0) is 19.7. The second kappa shape index (κ2) is 7.58. The molecule has 2 aromatic rings. The van der Waals surface area contributed by atoms with E-state index in [1.807, 2.05) is 38.1 Å². The molecule has 1 saturated heterocycles. The van der Waals surface area contributed by atoms with E-state index in [0.29, 0.717) is 31.9 Å². The fourth-order valence-electron chi connectivity index (χ4n) is 3.93. The van der Waals surface area contributed by atoms with Crippen molar-refractivity contribution >= 4 is 11.6 Å². The summed E-state index contributed by atoms with van der Waals surface area (Å²) in [6.07, 6.45) is 1.85. The molecular formula is C21H25N3O4. The van der Waals surface area contributed by atoms with Crippen LogP contribution in [0.4, 0.5) is 5.69 Å². The molecule has 1 fully saturated rings. The van der Waals surface area contributed by atoms with Gasteiger partial charge in [-0.2, -0.15) is 0 Å².